The number of benzene rings is 2. The van der Waals surface area contributed by atoms with Crippen molar-refractivity contribution in [3.05, 3.63) is 60.2 Å². The van der Waals surface area contributed by atoms with E-state index in [4.69, 9.17) is 9.57 Å². The molecule has 0 amide bonds. The SMILES string of the molecule is CCON=C(CCN1CCN(c2ccccc2OC)CC1)c1ccccc1. The molecule has 5 nitrogen and oxygen atoms in total. The Labute approximate surface area is 162 Å². The van der Waals surface area contributed by atoms with Crippen LogP contribution in [-0.4, -0.2) is 57.1 Å². The fourth-order valence-electron chi connectivity index (χ4n) is 3.38. The molecule has 0 aromatic heterocycles. The summed E-state index contributed by atoms with van der Waals surface area (Å²) in [5, 5.41) is 4.35. The molecule has 0 N–H and O–H groups in total. The average Bonchev–Trinajstić information content (AvgIpc) is 2.75. The quantitative estimate of drug-likeness (QED) is 0.527. The second kappa shape index (κ2) is 9.97. The van der Waals surface area contributed by atoms with Gasteiger partial charge in [0.2, 0.25) is 0 Å². The summed E-state index contributed by atoms with van der Waals surface area (Å²) in [7, 11) is 1.73. The molecule has 2 aromatic carbocycles. The maximum Gasteiger partial charge on any atom is 0.142 e. The van der Waals surface area contributed by atoms with Gasteiger partial charge in [0.05, 0.1) is 18.5 Å². The van der Waals surface area contributed by atoms with E-state index in [1.165, 1.54) is 5.69 Å². The number of ether oxygens (including phenoxy) is 1. The predicted octanol–water partition coefficient (Wildman–Crippen LogP) is 3.65. The molecule has 1 saturated heterocycles. The zero-order valence-corrected chi connectivity index (χ0v) is 16.3. The van der Waals surface area contributed by atoms with Gasteiger partial charge >= 0.3 is 0 Å². The summed E-state index contributed by atoms with van der Waals surface area (Å²) in [6.07, 6.45) is 0.888. The Morgan fingerprint density at radius 1 is 0.963 bits per heavy atom. The first-order valence-electron chi connectivity index (χ1n) is 9.66. The lowest BCUT2D eigenvalue weighted by Gasteiger charge is -2.36. The normalized spacial score (nSPS) is 15.6. The van der Waals surface area contributed by atoms with Crippen molar-refractivity contribution >= 4 is 11.4 Å². The molecule has 27 heavy (non-hydrogen) atoms. The van der Waals surface area contributed by atoms with Crippen molar-refractivity contribution in [2.45, 2.75) is 13.3 Å². The van der Waals surface area contributed by atoms with Crippen molar-refractivity contribution in [1.82, 2.24) is 4.90 Å². The molecule has 5 heteroatoms. The summed E-state index contributed by atoms with van der Waals surface area (Å²) in [4.78, 5) is 10.2. The van der Waals surface area contributed by atoms with Gasteiger partial charge in [0, 0.05) is 39.1 Å². The maximum atomic E-state index is 5.51. The van der Waals surface area contributed by atoms with Crippen LogP contribution in [0.25, 0.3) is 0 Å². The molecule has 2 aromatic rings. The van der Waals surface area contributed by atoms with E-state index < -0.39 is 0 Å². The standard InChI is InChI=1S/C22H29N3O2/c1-3-27-23-20(19-9-5-4-6-10-19)13-14-24-15-17-25(18-16-24)21-11-7-8-12-22(21)26-2/h4-12H,3,13-18H2,1-2H3. The van der Waals surface area contributed by atoms with Crippen LogP contribution >= 0.6 is 0 Å². The van der Waals surface area contributed by atoms with Crippen molar-refractivity contribution in [2.75, 3.05) is 51.3 Å². The summed E-state index contributed by atoms with van der Waals surface area (Å²) in [6.45, 7) is 7.62. The number of oxime groups is 1. The Kier molecular flexibility index (Phi) is 7.11. The van der Waals surface area contributed by atoms with Gasteiger partial charge in [-0.15, -0.1) is 0 Å². The monoisotopic (exact) mass is 367 g/mol. The average molecular weight is 367 g/mol. The maximum absolute atomic E-state index is 5.51. The summed E-state index contributed by atoms with van der Waals surface area (Å²) >= 11 is 0. The smallest absolute Gasteiger partial charge is 0.142 e. The van der Waals surface area contributed by atoms with E-state index >= 15 is 0 Å². The van der Waals surface area contributed by atoms with E-state index in [-0.39, 0.29) is 0 Å². The molecule has 144 valence electrons. The molecule has 0 atom stereocenters. The molecule has 1 aliphatic rings. The minimum absolute atomic E-state index is 0.591. The third-order valence-electron chi connectivity index (χ3n) is 4.87. The van der Waals surface area contributed by atoms with Gasteiger partial charge in [-0.2, -0.15) is 0 Å². The van der Waals surface area contributed by atoms with Crippen molar-refractivity contribution < 1.29 is 9.57 Å². The van der Waals surface area contributed by atoms with Crippen LogP contribution in [0, 0.1) is 0 Å². The number of anilines is 1. The van der Waals surface area contributed by atoms with Crippen LogP contribution < -0.4 is 9.64 Å². The van der Waals surface area contributed by atoms with E-state index in [2.05, 4.69) is 39.2 Å². The van der Waals surface area contributed by atoms with Crippen LogP contribution in [0.5, 0.6) is 5.75 Å². The molecule has 1 fully saturated rings. The second-order valence-electron chi connectivity index (χ2n) is 6.57. The zero-order chi connectivity index (χ0) is 18.9. The van der Waals surface area contributed by atoms with Crippen LogP contribution in [-0.2, 0) is 4.84 Å². The Hall–Kier alpha value is -2.53. The molecule has 0 unspecified atom stereocenters. The highest BCUT2D eigenvalue weighted by Gasteiger charge is 2.20. The first kappa shape index (κ1) is 19.2. The van der Waals surface area contributed by atoms with Crippen LogP contribution in [0.4, 0.5) is 5.69 Å². The zero-order valence-electron chi connectivity index (χ0n) is 16.3. The van der Waals surface area contributed by atoms with E-state index in [1.807, 2.05) is 37.3 Å². The van der Waals surface area contributed by atoms with E-state index in [1.54, 1.807) is 7.11 Å². The molecule has 1 aliphatic heterocycles. The summed E-state index contributed by atoms with van der Waals surface area (Å²) < 4.78 is 5.51. The molecule has 1 heterocycles. The molecular formula is C22H29N3O2. The Balaban J connectivity index is 1.55. The molecule has 0 spiro atoms. The first-order valence-corrected chi connectivity index (χ1v) is 9.66. The Bertz CT molecular complexity index is 725. The fourth-order valence-corrected chi connectivity index (χ4v) is 3.38. The predicted molar refractivity (Wildman–Crippen MR) is 111 cm³/mol. The number of methoxy groups -OCH3 is 1. The van der Waals surface area contributed by atoms with Gasteiger partial charge < -0.3 is 14.5 Å². The number of rotatable bonds is 8. The van der Waals surface area contributed by atoms with Gasteiger partial charge in [0.15, 0.2) is 0 Å². The van der Waals surface area contributed by atoms with Crippen molar-refractivity contribution in [2.24, 2.45) is 5.16 Å². The van der Waals surface area contributed by atoms with Crippen LogP contribution in [0.1, 0.15) is 18.9 Å². The Morgan fingerprint density at radius 2 is 1.67 bits per heavy atom. The molecule has 3 rings (SSSR count). The number of hydrogen-bond donors (Lipinski definition) is 0. The highest BCUT2D eigenvalue weighted by atomic mass is 16.6. The van der Waals surface area contributed by atoms with Gasteiger partial charge in [-0.1, -0.05) is 47.6 Å². The summed E-state index contributed by atoms with van der Waals surface area (Å²) in [5.41, 5.74) is 3.34. The van der Waals surface area contributed by atoms with E-state index in [0.29, 0.717) is 6.61 Å². The lowest BCUT2D eigenvalue weighted by Crippen LogP contribution is -2.47. The van der Waals surface area contributed by atoms with Gasteiger partial charge in [-0.25, -0.2) is 0 Å². The first-order chi connectivity index (χ1) is 13.3. The minimum atomic E-state index is 0.591. The largest absolute Gasteiger partial charge is 0.495 e. The molecular weight excluding hydrogens is 338 g/mol. The molecule has 0 radical (unpaired) electrons. The van der Waals surface area contributed by atoms with Gasteiger partial charge in [-0.05, 0) is 24.6 Å². The third-order valence-corrected chi connectivity index (χ3v) is 4.87. The topological polar surface area (TPSA) is 37.3 Å². The highest BCUT2D eigenvalue weighted by molar-refractivity contribution is 6.00. The second-order valence-corrected chi connectivity index (χ2v) is 6.57. The third kappa shape index (κ3) is 5.23. The van der Waals surface area contributed by atoms with Crippen molar-refractivity contribution in [3.63, 3.8) is 0 Å². The number of para-hydroxylation sites is 2. The molecule has 0 saturated carbocycles. The lowest BCUT2D eigenvalue weighted by atomic mass is 10.1. The van der Waals surface area contributed by atoms with E-state index in [9.17, 15) is 0 Å². The summed E-state index contributed by atoms with van der Waals surface area (Å²) in [5.74, 6) is 0.946. The molecule has 0 bridgehead atoms. The van der Waals surface area contributed by atoms with Crippen molar-refractivity contribution in [3.8, 4) is 5.75 Å². The van der Waals surface area contributed by atoms with Crippen LogP contribution in [0.3, 0.4) is 0 Å². The highest BCUT2D eigenvalue weighted by Crippen LogP contribution is 2.28. The number of piperazine rings is 1. The number of nitrogens with zero attached hydrogens (tertiary/aromatic N) is 3. The van der Waals surface area contributed by atoms with Gasteiger partial charge in [0.1, 0.15) is 12.4 Å². The number of hydrogen-bond acceptors (Lipinski definition) is 5. The van der Waals surface area contributed by atoms with E-state index in [0.717, 1.165) is 56.2 Å². The van der Waals surface area contributed by atoms with Crippen LogP contribution in [0.15, 0.2) is 59.8 Å². The van der Waals surface area contributed by atoms with Gasteiger partial charge in [-0.3, -0.25) is 4.90 Å². The van der Waals surface area contributed by atoms with Gasteiger partial charge in [0.25, 0.3) is 0 Å². The van der Waals surface area contributed by atoms with Crippen LogP contribution in [0.2, 0.25) is 0 Å². The Morgan fingerprint density at radius 3 is 2.37 bits per heavy atom. The molecule has 0 aliphatic carbocycles. The minimum Gasteiger partial charge on any atom is -0.495 e. The fraction of sp³-hybridized carbons (Fsp3) is 0.409. The summed E-state index contributed by atoms with van der Waals surface area (Å²) in [6, 6.07) is 18.6. The van der Waals surface area contributed by atoms with Crippen molar-refractivity contribution in [1.29, 1.82) is 0 Å². The lowest BCUT2D eigenvalue weighted by molar-refractivity contribution is 0.157.